The van der Waals surface area contributed by atoms with Gasteiger partial charge in [0.2, 0.25) is 5.89 Å². The maximum Gasteiger partial charge on any atom is 0.278 e. The molecule has 4 aromatic rings. The number of fused-ring (bicyclic) bond motifs is 3. The summed E-state index contributed by atoms with van der Waals surface area (Å²) in [6.07, 6.45) is 3.24. The van der Waals surface area contributed by atoms with Crippen molar-refractivity contribution in [1.29, 1.82) is 0 Å². The Balaban J connectivity index is 1.77. The van der Waals surface area contributed by atoms with Crippen molar-refractivity contribution in [2.45, 2.75) is 33.2 Å². The molecule has 0 atom stereocenters. The van der Waals surface area contributed by atoms with E-state index in [1.165, 1.54) is 10.9 Å². The van der Waals surface area contributed by atoms with Crippen LogP contribution in [0.15, 0.2) is 33.8 Å². The zero-order valence-corrected chi connectivity index (χ0v) is 13.5. The van der Waals surface area contributed by atoms with E-state index in [0.717, 1.165) is 29.3 Å². The van der Waals surface area contributed by atoms with E-state index in [4.69, 9.17) is 4.52 Å². The molecular weight excluding hydrogens is 306 g/mol. The summed E-state index contributed by atoms with van der Waals surface area (Å²) in [5.74, 6) is 1.07. The van der Waals surface area contributed by atoms with Crippen molar-refractivity contribution < 1.29 is 4.52 Å². The molecule has 0 aliphatic rings. The highest BCUT2D eigenvalue weighted by atomic mass is 16.5. The van der Waals surface area contributed by atoms with Gasteiger partial charge in [0.1, 0.15) is 17.6 Å². The molecule has 0 saturated carbocycles. The van der Waals surface area contributed by atoms with E-state index in [0.29, 0.717) is 22.7 Å². The van der Waals surface area contributed by atoms with Crippen molar-refractivity contribution in [3.63, 3.8) is 0 Å². The third kappa shape index (κ3) is 2.38. The molecule has 0 unspecified atom stereocenters. The summed E-state index contributed by atoms with van der Waals surface area (Å²) in [7, 11) is 0. The molecule has 24 heavy (non-hydrogen) atoms. The van der Waals surface area contributed by atoms with Crippen molar-refractivity contribution in [3.05, 3.63) is 52.2 Å². The van der Waals surface area contributed by atoms with Crippen LogP contribution in [0, 0.1) is 6.92 Å². The van der Waals surface area contributed by atoms with E-state index >= 15 is 0 Å². The van der Waals surface area contributed by atoms with E-state index in [1.54, 1.807) is 0 Å². The maximum atomic E-state index is 12.7. The minimum absolute atomic E-state index is 0.149. The summed E-state index contributed by atoms with van der Waals surface area (Å²) in [5.41, 5.74) is 3.06. The second kappa shape index (κ2) is 5.59. The lowest BCUT2D eigenvalue weighted by molar-refractivity contribution is 0.364. The van der Waals surface area contributed by atoms with E-state index in [2.05, 4.69) is 27.0 Å². The lowest BCUT2D eigenvalue weighted by Gasteiger charge is -2.01. The van der Waals surface area contributed by atoms with Crippen LogP contribution in [0.4, 0.5) is 0 Å². The molecule has 0 spiro atoms. The predicted molar refractivity (Wildman–Crippen MR) is 90.0 cm³/mol. The SMILES string of the molecule is CCCc1noc(Cn2cnc3c([nH]c4ccc(C)cc43)c2=O)n1. The van der Waals surface area contributed by atoms with Gasteiger partial charge in [-0.25, -0.2) is 4.98 Å². The molecule has 122 valence electrons. The van der Waals surface area contributed by atoms with Gasteiger partial charge in [0.15, 0.2) is 5.82 Å². The standard InChI is InChI=1S/C17H17N5O2/c1-3-4-13-20-14(24-21-13)8-22-9-18-15-11-7-10(2)5-6-12(11)19-16(15)17(22)23/h5-7,9,19H,3-4,8H2,1-2H3. The number of H-pyrrole nitrogens is 1. The minimum atomic E-state index is -0.149. The number of nitrogens with zero attached hydrogens (tertiary/aromatic N) is 4. The first kappa shape index (κ1) is 14.6. The Hall–Kier alpha value is -2.96. The third-order valence-corrected chi connectivity index (χ3v) is 4.02. The van der Waals surface area contributed by atoms with Crippen molar-refractivity contribution >= 4 is 21.9 Å². The number of rotatable bonds is 4. The summed E-state index contributed by atoms with van der Waals surface area (Å²) in [6, 6.07) is 6.00. The molecule has 1 N–H and O–H groups in total. The molecule has 4 rings (SSSR count). The highest BCUT2D eigenvalue weighted by molar-refractivity contribution is 6.04. The number of nitrogens with one attached hydrogen (secondary N) is 1. The first-order valence-corrected chi connectivity index (χ1v) is 7.94. The highest BCUT2D eigenvalue weighted by Gasteiger charge is 2.13. The Morgan fingerprint density at radius 2 is 2.21 bits per heavy atom. The molecule has 0 bridgehead atoms. The zero-order chi connectivity index (χ0) is 16.7. The van der Waals surface area contributed by atoms with Crippen molar-refractivity contribution in [3.8, 4) is 0 Å². The van der Waals surface area contributed by atoms with Crippen LogP contribution in [0.5, 0.6) is 0 Å². The van der Waals surface area contributed by atoms with E-state index in [-0.39, 0.29) is 12.1 Å². The van der Waals surface area contributed by atoms with Gasteiger partial charge in [0, 0.05) is 17.3 Å². The van der Waals surface area contributed by atoms with Gasteiger partial charge in [-0.1, -0.05) is 23.7 Å². The number of benzene rings is 1. The van der Waals surface area contributed by atoms with Gasteiger partial charge in [-0.15, -0.1) is 0 Å². The van der Waals surface area contributed by atoms with Crippen molar-refractivity contribution in [1.82, 2.24) is 24.7 Å². The lowest BCUT2D eigenvalue weighted by Crippen LogP contribution is -2.21. The first-order valence-electron chi connectivity index (χ1n) is 7.94. The Kier molecular flexibility index (Phi) is 3.41. The van der Waals surface area contributed by atoms with Crippen LogP contribution in [0.25, 0.3) is 21.9 Å². The van der Waals surface area contributed by atoms with Gasteiger partial charge in [0.25, 0.3) is 5.56 Å². The smallest absolute Gasteiger partial charge is 0.278 e. The molecule has 0 radical (unpaired) electrons. The molecular formula is C17H17N5O2. The molecule has 7 nitrogen and oxygen atoms in total. The van der Waals surface area contributed by atoms with Crippen LogP contribution < -0.4 is 5.56 Å². The predicted octanol–water partition coefficient (Wildman–Crippen LogP) is 2.57. The molecule has 7 heteroatoms. The molecule has 0 aliphatic heterocycles. The van der Waals surface area contributed by atoms with Crippen molar-refractivity contribution in [2.75, 3.05) is 0 Å². The second-order valence-corrected chi connectivity index (χ2v) is 5.93. The van der Waals surface area contributed by atoms with Crippen LogP contribution in [0.2, 0.25) is 0 Å². The second-order valence-electron chi connectivity index (χ2n) is 5.93. The maximum absolute atomic E-state index is 12.7. The van der Waals surface area contributed by atoms with Crippen LogP contribution in [0.1, 0.15) is 30.6 Å². The number of hydrogen-bond acceptors (Lipinski definition) is 5. The van der Waals surface area contributed by atoms with E-state index < -0.39 is 0 Å². The van der Waals surface area contributed by atoms with Crippen LogP contribution >= 0.6 is 0 Å². The van der Waals surface area contributed by atoms with Crippen LogP contribution in [-0.2, 0) is 13.0 Å². The molecule has 0 saturated heterocycles. The molecule has 0 fully saturated rings. The third-order valence-electron chi connectivity index (χ3n) is 4.02. The fourth-order valence-electron chi connectivity index (χ4n) is 2.84. The van der Waals surface area contributed by atoms with Crippen LogP contribution in [0.3, 0.4) is 0 Å². The molecule has 3 heterocycles. The summed E-state index contributed by atoms with van der Waals surface area (Å²) >= 11 is 0. The average Bonchev–Trinajstić information content (AvgIpc) is 3.15. The van der Waals surface area contributed by atoms with Gasteiger partial charge in [-0.2, -0.15) is 4.98 Å². The largest absolute Gasteiger partial charge is 0.349 e. The van der Waals surface area contributed by atoms with E-state index in [1.807, 2.05) is 25.1 Å². The van der Waals surface area contributed by atoms with Gasteiger partial charge < -0.3 is 9.51 Å². The topological polar surface area (TPSA) is 89.6 Å². The summed E-state index contributed by atoms with van der Waals surface area (Å²) in [4.78, 5) is 24.6. The first-order chi connectivity index (χ1) is 11.7. The van der Waals surface area contributed by atoms with E-state index in [9.17, 15) is 4.79 Å². The van der Waals surface area contributed by atoms with Gasteiger partial charge in [0.05, 0.1) is 6.33 Å². The molecule has 0 aliphatic carbocycles. The van der Waals surface area contributed by atoms with Crippen LogP contribution in [-0.4, -0.2) is 24.7 Å². The highest BCUT2D eigenvalue weighted by Crippen LogP contribution is 2.22. The average molecular weight is 323 g/mol. The van der Waals surface area contributed by atoms with Crippen molar-refractivity contribution in [2.24, 2.45) is 0 Å². The molecule has 0 amide bonds. The number of hydrogen-bond donors (Lipinski definition) is 1. The van der Waals surface area contributed by atoms with Gasteiger partial charge in [-0.05, 0) is 25.5 Å². The number of aromatic amines is 1. The molecule has 1 aromatic carbocycles. The fourth-order valence-corrected chi connectivity index (χ4v) is 2.84. The fraction of sp³-hybridized carbons (Fsp3) is 0.294. The molecule has 3 aromatic heterocycles. The Labute approximate surface area is 137 Å². The number of aromatic nitrogens is 5. The normalized spacial score (nSPS) is 11.6. The summed E-state index contributed by atoms with van der Waals surface area (Å²) in [6.45, 7) is 4.28. The number of aryl methyl sites for hydroxylation is 2. The Morgan fingerprint density at radius 1 is 1.33 bits per heavy atom. The Morgan fingerprint density at radius 3 is 3.04 bits per heavy atom. The minimum Gasteiger partial charge on any atom is -0.349 e. The monoisotopic (exact) mass is 323 g/mol. The Bertz CT molecular complexity index is 1090. The summed E-state index contributed by atoms with van der Waals surface area (Å²) < 4.78 is 6.68. The zero-order valence-electron chi connectivity index (χ0n) is 13.5. The quantitative estimate of drug-likeness (QED) is 0.623. The lowest BCUT2D eigenvalue weighted by atomic mass is 10.2. The van der Waals surface area contributed by atoms with Gasteiger partial charge >= 0.3 is 0 Å². The summed E-state index contributed by atoms with van der Waals surface area (Å²) in [5, 5.41) is 4.86. The van der Waals surface area contributed by atoms with Gasteiger partial charge in [-0.3, -0.25) is 9.36 Å².